The van der Waals surface area contributed by atoms with E-state index in [9.17, 15) is 9.90 Å². The molecule has 25 heavy (non-hydrogen) atoms. The summed E-state index contributed by atoms with van der Waals surface area (Å²) in [5, 5.41) is 10.0. The van der Waals surface area contributed by atoms with Crippen LogP contribution in [0.3, 0.4) is 0 Å². The van der Waals surface area contributed by atoms with Crippen molar-refractivity contribution in [3.8, 4) is 11.5 Å². The van der Waals surface area contributed by atoms with Crippen LogP contribution in [0.2, 0.25) is 5.02 Å². The van der Waals surface area contributed by atoms with Crippen molar-refractivity contribution in [2.45, 2.75) is 50.3 Å². The van der Waals surface area contributed by atoms with Crippen LogP contribution in [-0.4, -0.2) is 23.6 Å². The minimum atomic E-state index is -0.658. The molecule has 0 bridgehead atoms. The lowest BCUT2D eigenvalue weighted by Gasteiger charge is -2.26. The lowest BCUT2D eigenvalue weighted by atomic mass is 9.82. The number of hydrogen-bond acceptors (Lipinski definition) is 4. The Morgan fingerprint density at radius 1 is 1.44 bits per heavy atom. The Morgan fingerprint density at radius 2 is 2.28 bits per heavy atom. The summed E-state index contributed by atoms with van der Waals surface area (Å²) in [4.78, 5) is 12.3. The number of rotatable bonds is 7. The molecule has 2 unspecified atom stereocenters. The molecule has 1 aliphatic carbocycles. The van der Waals surface area contributed by atoms with E-state index in [2.05, 4.69) is 6.42 Å². The van der Waals surface area contributed by atoms with Gasteiger partial charge in [0.1, 0.15) is 0 Å². The minimum absolute atomic E-state index is 0.196. The third-order valence-electron chi connectivity index (χ3n) is 4.95. The average Bonchev–Trinajstić information content (AvgIpc) is 3.06. The maximum absolute atomic E-state index is 11.3. The van der Waals surface area contributed by atoms with Gasteiger partial charge in [-0.2, -0.15) is 0 Å². The second-order valence-corrected chi connectivity index (χ2v) is 8.16. The van der Waals surface area contributed by atoms with Gasteiger partial charge in [-0.25, -0.2) is 0 Å². The Labute approximate surface area is 158 Å². The molecule has 2 atom stereocenters. The highest BCUT2D eigenvalue weighted by Crippen LogP contribution is 2.48. The zero-order valence-electron chi connectivity index (χ0n) is 14.4. The lowest BCUT2D eigenvalue weighted by Crippen LogP contribution is -2.23. The molecule has 1 radical (unpaired) electrons. The SMILES string of the molecule is C[CH]CCc1c(Cl)cc2c(c1SCC1CCCC(C(=O)O)C1)OCO2. The number of fused-ring (bicyclic) bond motifs is 1. The standard InChI is InChI=1S/C19H24ClO4S/c1-2-3-7-14-15(20)9-16-17(24-11-23-16)18(14)25-10-12-5-4-6-13(8-12)19(21)22/h2,9,12-13H,3-8,10-11H2,1H3,(H,21,22). The molecule has 6 heteroatoms. The van der Waals surface area contributed by atoms with Gasteiger partial charge in [0, 0.05) is 16.8 Å². The van der Waals surface area contributed by atoms with Crippen LogP contribution < -0.4 is 9.47 Å². The molecule has 2 aliphatic rings. The lowest BCUT2D eigenvalue weighted by molar-refractivity contribution is -0.143. The highest BCUT2D eigenvalue weighted by molar-refractivity contribution is 7.99. The van der Waals surface area contributed by atoms with Crippen LogP contribution in [0.15, 0.2) is 11.0 Å². The second-order valence-electron chi connectivity index (χ2n) is 6.73. The number of carboxylic acid groups (broad SMARTS) is 1. The fraction of sp³-hybridized carbons (Fsp3) is 0.579. The largest absolute Gasteiger partial charge is 0.481 e. The van der Waals surface area contributed by atoms with E-state index in [1.54, 1.807) is 11.8 Å². The van der Waals surface area contributed by atoms with Crippen LogP contribution in [0.5, 0.6) is 11.5 Å². The highest BCUT2D eigenvalue weighted by atomic mass is 35.5. The molecule has 3 rings (SSSR count). The molecule has 0 saturated heterocycles. The van der Waals surface area contributed by atoms with E-state index in [1.165, 1.54) is 0 Å². The van der Waals surface area contributed by atoms with Crippen molar-refractivity contribution >= 4 is 29.3 Å². The Hall–Kier alpha value is -1.07. The van der Waals surface area contributed by atoms with E-state index in [4.69, 9.17) is 21.1 Å². The molecule has 0 spiro atoms. The molecule has 1 heterocycles. The van der Waals surface area contributed by atoms with Crippen LogP contribution in [0.25, 0.3) is 0 Å². The summed E-state index contributed by atoms with van der Waals surface area (Å²) in [6.45, 7) is 2.27. The third-order valence-corrected chi connectivity index (χ3v) is 6.64. The first-order chi connectivity index (χ1) is 12.1. The molecular weight excluding hydrogens is 360 g/mol. The smallest absolute Gasteiger partial charge is 0.306 e. The molecule has 4 nitrogen and oxygen atoms in total. The Balaban J connectivity index is 1.75. The van der Waals surface area contributed by atoms with Crippen LogP contribution in [0, 0.1) is 18.3 Å². The summed E-state index contributed by atoms with van der Waals surface area (Å²) in [7, 11) is 0. The molecular formula is C19H24ClO4S. The Bertz CT molecular complexity index is 634. The molecule has 1 saturated carbocycles. The number of aliphatic carboxylic acids is 1. The summed E-state index contributed by atoms with van der Waals surface area (Å²) in [6.07, 6.45) is 7.61. The van der Waals surface area contributed by atoms with Crippen molar-refractivity contribution in [3.05, 3.63) is 23.1 Å². The maximum atomic E-state index is 11.3. The van der Waals surface area contributed by atoms with Gasteiger partial charge in [-0.1, -0.05) is 24.9 Å². The Morgan fingerprint density at radius 3 is 3.04 bits per heavy atom. The number of unbranched alkanes of at least 4 members (excludes halogenated alkanes) is 1. The van der Waals surface area contributed by atoms with Crippen molar-refractivity contribution in [3.63, 3.8) is 0 Å². The maximum Gasteiger partial charge on any atom is 0.306 e. The van der Waals surface area contributed by atoms with E-state index in [-0.39, 0.29) is 12.7 Å². The van der Waals surface area contributed by atoms with Gasteiger partial charge in [-0.3, -0.25) is 4.79 Å². The number of halogens is 1. The van der Waals surface area contributed by atoms with Crippen LogP contribution >= 0.6 is 23.4 Å². The number of hydrogen-bond donors (Lipinski definition) is 1. The van der Waals surface area contributed by atoms with Gasteiger partial charge >= 0.3 is 5.97 Å². The number of ether oxygens (including phenoxy) is 2. The first kappa shape index (κ1) is 18.7. The fourth-order valence-electron chi connectivity index (χ4n) is 3.56. The van der Waals surface area contributed by atoms with E-state index in [0.29, 0.717) is 11.7 Å². The van der Waals surface area contributed by atoms with E-state index in [1.807, 2.05) is 13.0 Å². The minimum Gasteiger partial charge on any atom is -0.481 e. The third kappa shape index (κ3) is 4.37. The van der Waals surface area contributed by atoms with Gasteiger partial charge < -0.3 is 14.6 Å². The average molecular weight is 384 g/mol. The summed E-state index contributed by atoms with van der Waals surface area (Å²) >= 11 is 8.24. The van der Waals surface area contributed by atoms with Crippen molar-refractivity contribution < 1.29 is 19.4 Å². The topological polar surface area (TPSA) is 55.8 Å². The normalized spacial score (nSPS) is 22.2. The summed E-state index contributed by atoms with van der Waals surface area (Å²) in [5.74, 6) is 1.97. The predicted molar refractivity (Wildman–Crippen MR) is 99.7 cm³/mol. The molecule has 1 N–H and O–H groups in total. The fourth-order valence-corrected chi connectivity index (χ4v) is 5.29. The monoisotopic (exact) mass is 383 g/mol. The summed E-state index contributed by atoms with van der Waals surface area (Å²) in [6, 6.07) is 1.85. The first-order valence-corrected chi connectivity index (χ1v) is 10.2. The van der Waals surface area contributed by atoms with Gasteiger partial charge in [0.25, 0.3) is 0 Å². The zero-order valence-corrected chi connectivity index (χ0v) is 16.0. The number of carboxylic acids is 1. The quantitative estimate of drug-likeness (QED) is 0.655. The van der Waals surface area contributed by atoms with Crippen LogP contribution in [-0.2, 0) is 11.2 Å². The van der Waals surface area contributed by atoms with Gasteiger partial charge in [0.05, 0.1) is 10.8 Å². The molecule has 1 fully saturated rings. The molecule has 1 aromatic rings. The highest BCUT2D eigenvalue weighted by Gasteiger charge is 2.29. The van der Waals surface area contributed by atoms with E-state index in [0.717, 1.165) is 65.5 Å². The van der Waals surface area contributed by atoms with Gasteiger partial charge in [-0.05, 0) is 50.0 Å². The molecule has 1 aromatic carbocycles. The van der Waals surface area contributed by atoms with E-state index < -0.39 is 5.97 Å². The molecule has 0 aromatic heterocycles. The number of thioether (sulfide) groups is 1. The second kappa shape index (κ2) is 8.54. The number of carbonyl (C=O) groups is 1. The number of benzene rings is 1. The predicted octanol–water partition coefficient (Wildman–Crippen LogP) is 5.21. The van der Waals surface area contributed by atoms with Crippen molar-refractivity contribution in [2.24, 2.45) is 11.8 Å². The van der Waals surface area contributed by atoms with Crippen molar-refractivity contribution in [1.29, 1.82) is 0 Å². The Kier molecular flexibility index (Phi) is 6.39. The van der Waals surface area contributed by atoms with E-state index >= 15 is 0 Å². The van der Waals surface area contributed by atoms with Gasteiger partial charge in [-0.15, -0.1) is 11.8 Å². The summed E-state index contributed by atoms with van der Waals surface area (Å²) < 4.78 is 11.2. The van der Waals surface area contributed by atoms with Crippen LogP contribution in [0.4, 0.5) is 0 Å². The molecule has 0 amide bonds. The zero-order chi connectivity index (χ0) is 17.8. The van der Waals surface area contributed by atoms with Gasteiger partial charge in [0.2, 0.25) is 6.79 Å². The molecule has 137 valence electrons. The molecule has 1 aliphatic heterocycles. The first-order valence-electron chi connectivity index (χ1n) is 8.84. The van der Waals surface area contributed by atoms with Crippen molar-refractivity contribution in [1.82, 2.24) is 0 Å². The van der Waals surface area contributed by atoms with Crippen molar-refractivity contribution in [2.75, 3.05) is 12.5 Å². The summed E-state index contributed by atoms with van der Waals surface area (Å²) in [5.41, 5.74) is 1.11. The van der Waals surface area contributed by atoms with Crippen LogP contribution in [0.1, 0.15) is 44.6 Å². The van der Waals surface area contributed by atoms with Gasteiger partial charge in [0.15, 0.2) is 11.5 Å².